The second kappa shape index (κ2) is 8.34. The molecule has 1 fully saturated rings. The van der Waals surface area contributed by atoms with E-state index in [2.05, 4.69) is 15.0 Å². The van der Waals surface area contributed by atoms with Crippen molar-refractivity contribution in [2.24, 2.45) is 0 Å². The summed E-state index contributed by atoms with van der Waals surface area (Å²) >= 11 is 0. The van der Waals surface area contributed by atoms with Crippen LogP contribution < -0.4 is 5.32 Å². The topological polar surface area (TPSA) is 87.3 Å². The van der Waals surface area contributed by atoms with Gasteiger partial charge in [0.15, 0.2) is 0 Å². The molecule has 2 aromatic carbocycles. The average molecular weight is 392 g/mol. The summed E-state index contributed by atoms with van der Waals surface area (Å²) in [4.78, 5) is 33.9. The molecule has 7 nitrogen and oxygen atoms in total. The number of aromatic amines is 1. The van der Waals surface area contributed by atoms with Crippen LogP contribution in [-0.2, 0) is 11.3 Å². The van der Waals surface area contributed by atoms with Gasteiger partial charge < -0.3 is 19.9 Å². The zero-order chi connectivity index (χ0) is 20.2. The second-order valence-electron chi connectivity index (χ2n) is 7.25. The molecule has 0 spiro atoms. The van der Waals surface area contributed by atoms with Crippen molar-refractivity contribution < 1.29 is 14.3 Å². The number of likely N-dealkylation sites (tertiary alicyclic amines) is 1. The fourth-order valence-electron chi connectivity index (χ4n) is 3.69. The van der Waals surface area contributed by atoms with Crippen LogP contribution in [0.25, 0.3) is 11.0 Å². The lowest BCUT2D eigenvalue weighted by molar-refractivity contribution is 0.0600. The van der Waals surface area contributed by atoms with E-state index in [-0.39, 0.29) is 12.0 Å². The number of imidazole rings is 1. The van der Waals surface area contributed by atoms with Gasteiger partial charge in [-0.05, 0) is 42.7 Å². The van der Waals surface area contributed by atoms with E-state index >= 15 is 0 Å². The first-order valence-electron chi connectivity index (χ1n) is 9.78. The van der Waals surface area contributed by atoms with Gasteiger partial charge >= 0.3 is 12.0 Å². The Morgan fingerprint density at radius 3 is 2.55 bits per heavy atom. The van der Waals surface area contributed by atoms with Crippen LogP contribution in [0.4, 0.5) is 4.79 Å². The van der Waals surface area contributed by atoms with Crippen molar-refractivity contribution in [1.29, 1.82) is 0 Å². The predicted octanol–water partition coefficient (Wildman–Crippen LogP) is 3.44. The fourth-order valence-corrected chi connectivity index (χ4v) is 3.69. The largest absolute Gasteiger partial charge is 0.465 e. The van der Waals surface area contributed by atoms with E-state index in [1.54, 1.807) is 12.1 Å². The minimum atomic E-state index is -0.368. The number of ether oxygens (including phenoxy) is 1. The van der Waals surface area contributed by atoms with Gasteiger partial charge in [-0.15, -0.1) is 0 Å². The van der Waals surface area contributed by atoms with Crippen molar-refractivity contribution in [3.05, 3.63) is 65.5 Å². The van der Waals surface area contributed by atoms with E-state index < -0.39 is 0 Å². The van der Waals surface area contributed by atoms with Crippen molar-refractivity contribution in [2.75, 3.05) is 20.2 Å². The van der Waals surface area contributed by atoms with E-state index in [1.165, 1.54) is 7.11 Å². The lowest BCUT2D eigenvalue weighted by Gasteiger charge is -2.31. The molecule has 3 aromatic rings. The van der Waals surface area contributed by atoms with Crippen LogP contribution in [0.3, 0.4) is 0 Å². The number of hydrogen-bond donors (Lipinski definition) is 2. The summed E-state index contributed by atoms with van der Waals surface area (Å²) in [6.45, 7) is 1.83. The van der Waals surface area contributed by atoms with Gasteiger partial charge in [-0.3, -0.25) is 0 Å². The van der Waals surface area contributed by atoms with Crippen LogP contribution in [0.2, 0.25) is 0 Å². The third-order valence-corrected chi connectivity index (χ3v) is 5.40. The molecule has 0 bridgehead atoms. The van der Waals surface area contributed by atoms with Crippen molar-refractivity contribution in [1.82, 2.24) is 20.2 Å². The number of nitrogens with one attached hydrogen (secondary N) is 2. The Kier molecular flexibility index (Phi) is 5.46. The Labute approximate surface area is 169 Å². The van der Waals surface area contributed by atoms with Gasteiger partial charge in [-0.2, -0.15) is 0 Å². The molecule has 1 aromatic heterocycles. The summed E-state index contributed by atoms with van der Waals surface area (Å²) in [5, 5.41) is 2.95. The Balaban J connectivity index is 1.28. The van der Waals surface area contributed by atoms with Gasteiger partial charge in [0.25, 0.3) is 0 Å². The molecular formula is C22H24N4O3. The van der Waals surface area contributed by atoms with Crippen molar-refractivity contribution in [3.63, 3.8) is 0 Å². The first-order chi connectivity index (χ1) is 14.1. The fraction of sp³-hybridized carbons (Fsp3) is 0.318. The standard InChI is InChI=1S/C22H24N4O3/c1-29-21(27)17-8-6-15(7-9-17)14-23-22(28)26-12-10-16(11-13-26)20-24-18-4-2-3-5-19(18)25-20/h2-9,16H,10-14H2,1H3,(H,23,28)(H,24,25). The summed E-state index contributed by atoms with van der Waals surface area (Å²) in [5.74, 6) is 0.988. The smallest absolute Gasteiger partial charge is 0.337 e. The molecule has 2 N–H and O–H groups in total. The molecule has 4 rings (SSSR count). The Morgan fingerprint density at radius 1 is 1.14 bits per heavy atom. The summed E-state index contributed by atoms with van der Waals surface area (Å²) in [7, 11) is 1.36. The summed E-state index contributed by atoms with van der Waals surface area (Å²) in [5.41, 5.74) is 3.47. The average Bonchev–Trinajstić information content (AvgIpc) is 3.22. The van der Waals surface area contributed by atoms with Crippen LogP contribution in [0, 0.1) is 0 Å². The lowest BCUT2D eigenvalue weighted by atomic mass is 9.96. The summed E-state index contributed by atoms with van der Waals surface area (Å²) in [6, 6.07) is 15.0. The van der Waals surface area contributed by atoms with E-state index in [9.17, 15) is 9.59 Å². The Hall–Kier alpha value is -3.35. The maximum absolute atomic E-state index is 12.5. The molecule has 7 heteroatoms. The van der Waals surface area contributed by atoms with Gasteiger partial charge in [0.2, 0.25) is 0 Å². The number of para-hydroxylation sites is 2. The van der Waals surface area contributed by atoms with Crippen LogP contribution >= 0.6 is 0 Å². The third kappa shape index (κ3) is 4.23. The minimum Gasteiger partial charge on any atom is -0.465 e. The SMILES string of the molecule is COC(=O)c1ccc(CNC(=O)N2CCC(c3nc4ccccc4[nH]3)CC2)cc1. The normalized spacial score (nSPS) is 14.7. The number of H-pyrrole nitrogens is 1. The molecule has 150 valence electrons. The molecule has 2 heterocycles. The van der Waals surface area contributed by atoms with Crippen molar-refractivity contribution in [2.45, 2.75) is 25.3 Å². The number of esters is 1. The number of benzene rings is 2. The molecule has 1 aliphatic rings. The monoisotopic (exact) mass is 392 g/mol. The molecule has 29 heavy (non-hydrogen) atoms. The second-order valence-corrected chi connectivity index (χ2v) is 7.25. The number of nitrogens with zero attached hydrogens (tertiary/aromatic N) is 2. The van der Waals surface area contributed by atoms with Crippen LogP contribution in [0.15, 0.2) is 48.5 Å². The first kappa shape index (κ1) is 19.0. The number of aromatic nitrogens is 2. The highest BCUT2D eigenvalue weighted by molar-refractivity contribution is 5.89. The number of carbonyl (C=O) groups excluding carboxylic acids is 2. The van der Waals surface area contributed by atoms with Gasteiger partial charge in [0.05, 0.1) is 23.7 Å². The van der Waals surface area contributed by atoms with Crippen molar-refractivity contribution in [3.8, 4) is 0 Å². The number of urea groups is 1. The molecule has 1 saturated heterocycles. The maximum atomic E-state index is 12.5. The highest BCUT2D eigenvalue weighted by Crippen LogP contribution is 2.27. The predicted molar refractivity (Wildman–Crippen MR) is 110 cm³/mol. The molecule has 0 aliphatic carbocycles. The maximum Gasteiger partial charge on any atom is 0.337 e. The number of rotatable bonds is 4. The highest BCUT2D eigenvalue weighted by atomic mass is 16.5. The molecule has 0 saturated carbocycles. The summed E-state index contributed by atoms with van der Waals surface area (Å²) < 4.78 is 4.69. The molecule has 0 radical (unpaired) electrons. The number of fused-ring (bicyclic) bond motifs is 1. The highest BCUT2D eigenvalue weighted by Gasteiger charge is 2.25. The van der Waals surface area contributed by atoms with Gasteiger partial charge in [-0.25, -0.2) is 14.6 Å². The van der Waals surface area contributed by atoms with Gasteiger partial charge in [-0.1, -0.05) is 24.3 Å². The number of piperidine rings is 1. The first-order valence-corrected chi connectivity index (χ1v) is 9.78. The molecular weight excluding hydrogens is 368 g/mol. The zero-order valence-electron chi connectivity index (χ0n) is 16.4. The lowest BCUT2D eigenvalue weighted by Crippen LogP contribution is -2.43. The zero-order valence-corrected chi connectivity index (χ0v) is 16.4. The molecule has 0 unspecified atom stereocenters. The van der Waals surface area contributed by atoms with Crippen LogP contribution in [-0.4, -0.2) is 47.1 Å². The van der Waals surface area contributed by atoms with E-state index in [4.69, 9.17) is 4.98 Å². The van der Waals surface area contributed by atoms with Crippen molar-refractivity contribution >= 4 is 23.0 Å². The van der Waals surface area contributed by atoms with Gasteiger partial charge in [0, 0.05) is 25.6 Å². The Bertz CT molecular complexity index is 971. The minimum absolute atomic E-state index is 0.0647. The quantitative estimate of drug-likeness (QED) is 0.666. The van der Waals surface area contributed by atoms with Gasteiger partial charge in [0.1, 0.15) is 5.82 Å². The van der Waals surface area contributed by atoms with Crippen LogP contribution in [0.5, 0.6) is 0 Å². The number of methoxy groups -OCH3 is 1. The number of carbonyl (C=O) groups is 2. The van der Waals surface area contributed by atoms with Crippen LogP contribution in [0.1, 0.15) is 40.5 Å². The third-order valence-electron chi connectivity index (χ3n) is 5.40. The molecule has 2 amide bonds. The molecule has 1 aliphatic heterocycles. The number of hydrogen-bond acceptors (Lipinski definition) is 4. The summed E-state index contributed by atoms with van der Waals surface area (Å²) in [6.07, 6.45) is 1.78. The number of amides is 2. The van der Waals surface area contributed by atoms with E-state index in [0.29, 0.717) is 31.1 Å². The van der Waals surface area contributed by atoms with E-state index in [0.717, 1.165) is 35.3 Å². The Morgan fingerprint density at radius 2 is 1.86 bits per heavy atom. The molecule has 0 atom stereocenters. The van der Waals surface area contributed by atoms with E-state index in [1.807, 2.05) is 41.3 Å².